The van der Waals surface area contributed by atoms with E-state index in [0.717, 1.165) is 13.1 Å². The van der Waals surface area contributed by atoms with Crippen LogP contribution in [0.5, 0.6) is 0 Å². The maximum Gasteiger partial charge on any atom is 0.121 e. The lowest BCUT2D eigenvalue weighted by molar-refractivity contribution is 0.803. The quantitative estimate of drug-likeness (QED) is 0.595. The highest BCUT2D eigenvalue weighted by Gasteiger charge is 2.30. The maximum atomic E-state index is 2.48. The zero-order valence-corrected chi connectivity index (χ0v) is 16.0. The van der Waals surface area contributed by atoms with Gasteiger partial charge in [0.2, 0.25) is 0 Å². The molecular weight excluding hydrogens is 328 g/mol. The molecule has 3 aromatic rings. The third kappa shape index (κ3) is 3.90. The number of aryl methyl sites for hydroxylation is 2. The summed E-state index contributed by atoms with van der Waals surface area (Å²) < 4.78 is 0. The molecule has 0 aromatic heterocycles. The van der Waals surface area contributed by atoms with Gasteiger partial charge in [0.15, 0.2) is 0 Å². The molecule has 27 heavy (non-hydrogen) atoms. The van der Waals surface area contributed by atoms with Crippen LogP contribution in [0.1, 0.15) is 16.7 Å². The van der Waals surface area contributed by atoms with Crippen LogP contribution in [0.25, 0.3) is 6.08 Å². The summed E-state index contributed by atoms with van der Waals surface area (Å²) in [6.45, 7) is 6.31. The predicted molar refractivity (Wildman–Crippen MR) is 116 cm³/mol. The van der Waals surface area contributed by atoms with Gasteiger partial charge in [-0.25, -0.2) is 0 Å². The van der Waals surface area contributed by atoms with E-state index < -0.39 is 0 Å². The van der Waals surface area contributed by atoms with Gasteiger partial charge in [0.1, 0.15) is 6.17 Å². The van der Waals surface area contributed by atoms with Gasteiger partial charge in [-0.15, -0.1) is 0 Å². The minimum atomic E-state index is 0.204. The summed E-state index contributed by atoms with van der Waals surface area (Å²) in [6, 6.07) is 28.3. The van der Waals surface area contributed by atoms with E-state index in [9.17, 15) is 0 Å². The van der Waals surface area contributed by atoms with Gasteiger partial charge >= 0.3 is 0 Å². The van der Waals surface area contributed by atoms with Crippen LogP contribution in [-0.2, 0) is 0 Å². The fourth-order valence-corrected chi connectivity index (χ4v) is 3.65. The molecule has 0 radical (unpaired) electrons. The van der Waals surface area contributed by atoms with Crippen LogP contribution in [0.15, 0.2) is 84.9 Å². The third-order valence-corrected chi connectivity index (χ3v) is 5.21. The molecule has 1 fully saturated rings. The first-order valence-electron chi connectivity index (χ1n) is 9.60. The molecule has 0 atom stereocenters. The molecule has 2 heteroatoms. The van der Waals surface area contributed by atoms with Gasteiger partial charge < -0.3 is 9.80 Å². The third-order valence-electron chi connectivity index (χ3n) is 5.21. The van der Waals surface area contributed by atoms with Crippen molar-refractivity contribution < 1.29 is 0 Å². The summed E-state index contributed by atoms with van der Waals surface area (Å²) in [7, 11) is 0. The molecule has 0 aliphatic carbocycles. The Kier molecular flexibility index (Phi) is 4.97. The van der Waals surface area contributed by atoms with Crippen molar-refractivity contribution in [2.24, 2.45) is 0 Å². The Morgan fingerprint density at radius 1 is 0.667 bits per heavy atom. The zero-order valence-electron chi connectivity index (χ0n) is 16.0. The number of hydrogen-bond acceptors (Lipinski definition) is 2. The van der Waals surface area contributed by atoms with Crippen molar-refractivity contribution in [2.45, 2.75) is 20.0 Å². The van der Waals surface area contributed by atoms with E-state index in [4.69, 9.17) is 0 Å². The van der Waals surface area contributed by atoms with Crippen molar-refractivity contribution in [3.05, 3.63) is 102 Å². The summed E-state index contributed by atoms with van der Waals surface area (Å²) in [5.41, 5.74) is 6.38. The lowest BCUT2D eigenvalue weighted by Gasteiger charge is -2.31. The minimum absolute atomic E-state index is 0.204. The van der Waals surface area contributed by atoms with Crippen molar-refractivity contribution >= 4 is 17.5 Å². The Balaban J connectivity index is 1.67. The second-order valence-electron chi connectivity index (χ2n) is 7.24. The van der Waals surface area contributed by atoms with Crippen LogP contribution in [0.2, 0.25) is 0 Å². The van der Waals surface area contributed by atoms with Gasteiger partial charge in [-0.1, -0.05) is 71.8 Å². The summed E-state index contributed by atoms with van der Waals surface area (Å²) in [6.07, 6.45) is 4.76. The van der Waals surface area contributed by atoms with Crippen molar-refractivity contribution in [3.63, 3.8) is 0 Å². The van der Waals surface area contributed by atoms with Gasteiger partial charge in [-0.2, -0.15) is 0 Å². The summed E-state index contributed by atoms with van der Waals surface area (Å²) in [5, 5.41) is 0. The van der Waals surface area contributed by atoms with Gasteiger partial charge in [0, 0.05) is 24.5 Å². The molecule has 1 heterocycles. The molecule has 0 spiro atoms. The van der Waals surface area contributed by atoms with Crippen molar-refractivity contribution in [2.75, 3.05) is 22.9 Å². The standard InChI is InChI=1S/C25H26N2/c1-20-8-13-23(14-9-20)26-18-19-27(24-15-10-21(2)11-16-24)25(26)17-12-22-6-4-3-5-7-22/h3-17,25H,18-19H2,1-2H3/b17-12-. The molecule has 136 valence electrons. The highest BCUT2D eigenvalue weighted by atomic mass is 15.4. The molecule has 0 unspecified atom stereocenters. The molecular formula is C25H26N2. The molecule has 0 amide bonds. The van der Waals surface area contributed by atoms with E-state index in [1.807, 2.05) is 0 Å². The highest BCUT2D eigenvalue weighted by molar-refractivity contribution is 5.62. The molecule has 1 saturated heterocycles. The van der Waals surface area contributed by atoms with Gasteiger partial charge in [-0.3, -0.25) is 0 Å². The average molecular weight is 354 g/mol. The van der Waals surface area contributed by atoms with E-state index in [0.29, 0.717) is 0 Å². The van der Waals surface area contributed by atoms with Gasteiger partial charge in [0.25, 0.3) is 0 Å². The van der Waals surface area contributed by atoms with Crippen LogP contribution in [0.3, 0.4) is 0 Å². The first-order valence-corrected chi connectivity index (χ1v) is 9.60. The van der Waals surface area contributed by atoms with Crippen LogP contribution < -0.4 is 9.80 Å². The van der Waals surface area contributed by atoms with Crippen LogP contribution in [-0.4, -0.2) is 19.3 Å². The SMILES string of the molecule is Cc1ccc(N2CCN(c3ccc(C)cc3)C2/C=C\c2ccccc2)cc1. The van der Waals surface area contributed by atoms with Crippen molar-refractivity contribution in [1.29, 1.82) is 0 Å². The number of nitrogens with zero attached hydrogens (tertiary/aromatic N) is 2. The molecule has 0 N–H and O–H groups in total. The Morgan fingerprint density at radius 3 is 1.63 bits per heavy atom. The molecule has 0 bridgehead atoms. The lowest BCUT2D eigenvalue weighted by atomic mass is 10.1. The minimum Gasteiger partial charge on any atom is -0.346 e. The second kappa shape index (κ2) is 7.71. The van der Waals surface area contributed by atoms with Crippen LogP contribution in [0.4, 0.5) is 11.4 Å². The Hall–Kier alpha value is -3.00. The molecule has 0 saturated carbocycles. The monoisotopic (exact) mass is 354 g/mol. The molecule has 2 nitrogen and oxygen atoms in total. The van der Waals surface area contributed by atoms with E-state index in [2.05, 4.69) is 115 Å². The normalized spacial score (nSPS) is 15.0. The van der Waals surface area contributed by atoms with Crippen molar-refractivity contribution in [3.8, 4) is 0 Å². The summed E-state index contributed by atoms with van der Waals surface area (Å²) in [5.74, 6) is 0. The molecule has 1 aliphatic heterocycles. The number of hydrogen-bond donors (Lipinski definition) is 0. The van der Waals surface area contributed by atoms with E-state index >= 15 is 0 Å². The van der Waals surface area contributed by atoms with E-state index in [1.165, 1.54) is 28.1 Å². The number of rotatable bonds is 4. The number of benzene rings is 3. The Morgan fingerprint density at radius 2 is 1.15 bits per heavy atom. The van der Waals surface area contributed by atoms with E-state index in [1.54, 1.807) is 0 Å². The highest BCUT2D eigenvalue weighted by Crippen LogP contribution is 2.30. The summed E-state index contributed by atoms with van der Waals surface area (Å²) >= 11 is 0. The fraction of sp³-hybridized carbons (Fsp3) is 0.200. The molecule has 3 aromatic carbocycles. The fourth-order valence-electron chi connectivity index (χ4n) is 3.65. The molecule has 1 aliphatic rings. The zero-order chi connectivity index (χ0) is 18.6. The van der Waals surface area contributed by atoms with Crippen LogP contribution in [0, 0.1) is 13.8 Å². The first-order chi connectivity index (χ1) is 13.2. The van der Waals surface area contributed by atoms with Crippen LogP contribution >= 0.6 is 0 Å². The maximum absolute atomic E-state index is 2.48. The van der Waals surface area contributed by atoms with E-state index in [-0.39, 0.29) is 6.17 Å². The van der Waals surface area contributed by atoms with Gasteiger partial charge in [0.05, 0.1) is 0 Å². The lowest BCUT2D eigenvalue weighted by Crippen LogP contribution is -2.37. The Bertz CT molecular complexity index is 842. The predicted octanol–water partition coefficient (Wildman–Crippen LogP) is 5.67. The smallest absolute Gasteiger partial charge is 0.121 e. The van der Waals surface area contributed by atoms with Gasteiger partial charge in [-0.05, 0) is 49.8 Å². The Labute approximate surface area is 162 Å². The second-order valence-corrected chi connectivity index (χ2v) is 7.24. The molecule has 4 rings (SSSR count). The average Bonchev–Trinajstić information content (AvgIpc) is 3.12. The topological polar surface area (TPSA) is 6.48 Å². The summed E-state index contributed by atoms with van der Waals surface area (Å²) in [4.78, 5) is 4.97. The first kappa shape index (κ1) is 17.4. The number of anilines is 2. The largest absolute Gasteiger partial charge is 0.346 e. The van der Waals surface area contributed by atoms with Crippen molar-refractivity contribution in [1.82, 2.24) is 0 Å².